The van der Waals surface area contributed by atoms with Crippen LogP contribution in [0.5, 0.6) is 0 Å². The van der Waals surface area contributed by atoms with E-state index in [1.807, 2.05) is 0 Å². The number of imidazole rings is 1. The van der Waals surface area contributed by atoms with Crippen molar-refractivity contribution in [2.75, 3.05) is 20.8 Å². The van der Waals surface area contributed by atoms with Crippen LogP contribution in [0, 0.1) is 12.3 Å². The Labute approximate surface area is 261 Å². The van der Waals surface area contributed by atoms with Gasteiger partial charge in [0.05, 0.1) is 20.0 Å². The van der Waals surface area contributed by atoms with Crippen molar-refractivity contribution >= 4 is 58.2 Å². The third-order valence-electron chi connectivity index (χ3n) is 6.81. The molecule has 1 amide bonds. The number of hydrogen-bond donors (Lipinski definition) is 1. The second-order valence-corrected chi connectivity index (χ2v) is 10.3. The molecule has 0 bridgehead atoms. The maximum absolute atomic E-state index is 13.3. The fraction of sp³-hybridized carbons (Fsp3) is 0.393. The second-order valence-electron chi connectivity index (χ2n) is 9.56. The zero-order chi connectivity index (χ0) is 32.2. The topological polar surface area (TPSA) is 170 Å². The number of aromatic nitrogens is 4. The van der Waals surface area contributed by atoms with Crippen LogP contribution in [0.15, 0.2) is 36.7 Å². The first-order valence-electron chi connectivity index (χ1n) is 13.0. The number of methoxy groups -OCH3 is 1. The van der Waals surface area contributed by atoms with Crippen molar-refractivity contribution in [3.63, 3.8) is 0 Å². The smallest absolute Gasteiger partial charge is 0.348 e. The number of amides is 1. The maximum Gasteiger partial charge on any atom is 0.348 e. The molecule has 1 saturated heterocycles. The van der Waals surface area contributed by atoms with E-state index in [-0.39, 0.29) is 28.0 Å². The quantitative estimate of drug-likeness (QED) is 0.0846. The summed E-state index contributed by atoms with van der Waals surface area (Å²) in [7, 11) is 2.42. The minimum absolute atomic E-state index is 0.0711. The summed E-state index contributed by atoms with van der Waals surface area (Å²) in [6, 6.07) is 8.58. The van der Waals surface area contributed by atoms with Gasteiger partial charge in [-0.3, -0.25) is 19.0 Å². The number of carbonyl (C=O) groups is 4. The van der Waals surface area contributed by atoms with Crippen molar-refractivity contribution in [2.45, 2.75) is 49.9 Å². The van der Waals surface area contributed by atoms with Crippen LogP contribution < -0.4 is 5.32 Å². The molecule has 1 aromatic carbocycles. The van der Waals surface area contributed by atoms with Gasteiger partial charge in [-0.05, 0) is 17.2 Å². The molecule has 0 saturated carbocycles. The highest BCUT2D eigenvalue weighted by Crippen LogP contribution is 2.44. The second kappa shape index (κ2) is 13.1. The first-order chi connectivity index (χ1) is 20.9. The van der Waals surface area contributed by atoms with Crippen LogP contribution in [0.4, 0.5) is 0 Å². The largest absolute Gasteiger partial charge is 0.466 e. The number of likely N-dealkylation sites (N-methyl/N-ethyl adjacent to an activating group) is 1. The van der Waals surface area contributed by atoms with Gasteiger partial charge < -0.3 is 29.0 Å². The van der Waals surface area contributed by atoms with E-state index >= 15 is 0 Å². The molecule has 3 heterocycles. The summed E-state index contributed by atoms with van der Waals surface area (Å²) >= 11 is 12.2. The lowest BCUT2D eigenvalue weighted by Crippen LogP contribution is -2.59. The number of benzene rings is 1. The summed E-state index contributed by atoms with van der Waals surface area (Å²) in [5, 5.41) is 2.14. The van der Waals surface area contributed by atoms with Gasteiger partial charge in [-0.2, -0.15) is 4.98 Å². The van der Waals surface area contributed by atoms with Crippen LogP contribution >= 0.6 is 23.2 Å². The molecule has 4 rings (SSSR count). The number of carbonyl (C=O) groups excluding carboxylic acids is 4. The fourth-order valence-electron chi connectivity index (χ4n) is 4.93. The van der Waals surface area contributed by atoms with E-state index in [4.69, 9.17) is 53.3 Å². The average Bonchev–Trinajstić information content (AvgIpc) is 3.53. The molecule has 1 aliphatic heterocycles. The Kier molecular flexibility index (Phi) is 9.75. The molecule has 16 heteroatoms. The highest BCUT2D eigenvalue weighted by Gasteiger charge is 2.63. The minimum atomic E-state index is -2.24. The SMILES string of the molecule is C#C[C@@]1(OC(C)=O)[C@@H](COC(Cc2ccccc2)(C(=O)NC)C(=O)OC)O[C@@H](n2cnc3c(Cl)nc(Cl)nc32)[C@@H]1OC(C)=O. The van der Waals surface area contributed by atoms with Crippen molar-refractivity contribution in [3.05, 3.63) is 52.7 Å². The van der Waals surface area contributed by atoms with E-state index in [0.717, 1.165) is 21.0 Å². The molecule has 44 heavy (non-hydrogen) atoms. The molecule has 5 atom stereocenters. The standard InChI is InChI=1S/C28H27Cl2N5O9/c1-6-27(44-16(3)37)18(13-41-28(24(38)31-4,25(39)40-5)12-17-10-8-7-9-11-17)43-23(20(27)42-15(2)36)35-14-32-19-21(29)33-26(30)34-22(19)35/h1,7-11,14,18,20,23H,12-13H2,2-5H3,(H,31,38)/t18-,20+,23-,27-,28?/m1/s1. The van der Waals surface area contributed by atoms with Gasteiger partial charge in [-0.1, -0.05) is 47.9 Å². The highest BCUT2D eigenvalue weighted by molar-refractivity contribution is 6.35. The highest BCUT2D eigenvalue weighted by atomic mass is 35.5. The Morgan fingerprint density at radius 1 is 1.16 bits per heavy atom. The molecule has 0 spiro atoms. The van der Waals surface area contributed by atoms with Crippen LogP contribution in [-0.4, -0.2) is 87.5 Å². The molecule has 232 valence electrons. The molecule has 0 radical (unpaired) electrons. The predicted molar refractivity (Wildman–Crippen MR) is 153 cm³/mol. The lowest BCUT2D eigenvalue weighted by Gasteiger charge is -2.35. The van der Waals surface area contributed by atoms with E-state index in [1.54, 1.807) is 30.3 Å². The Balaban J connectivity index is 1.84. The third-order valence-corrected chi connectivity index (χ3v) is 7.24. The van der Waals surface area contributed by atoms with Crippen molar-refractivity contribution in [3.8, 4) is 12.3 Å². The maximum atomic E-state index is 13.3. The van der Waals surface area contributed by atoms with Gasteiger partial charge in [0.25, 0.3) is 5.91 Å². The summed E-state index contributed by atoms with van der Waals surface area (Å²) in [4.78, 5) is 63.5. The Morgan fingerprint density at radius 3 is 2.45 bits per heavy atom. The summed E-state index contributed by atoms with van der Waals surface area (Å²) in [6.07, 6.45) is 2.67. The number of esters is 3. The molecule has 0 aliphatic carbocycles. The Bertz CT molecular complexity index is 1610. The van der Waals surface area contributed by atoms with Crippen molar-refractivity contribution in [1.29, 1.82) is 0 Å². The van der Waals surface area contributed by atoms with Gasteiger partial charge in [0.2, 0.25) is 22.6 Å². The number of fused-ring (bicyclic) bond motifs is 1. The van der Waals surface area contributed by atoms with Crippen molar-refractivity contribution in [1.82, 2.24) is 24.8 Å². The van der Waals surface area contributed by atoms with Gasteiger partial charge in [-0.15, -0.1) is 6.42 Å². The molecule has 1 unspecified atom stereocenters. The van der Waals surface area contributed by atoms with E-state index < -0.39 is 60.1 Å². The molecule has 14 nitrogen and oxygen atoms in total. The summed E-state index contributed by atoms with van der Waals surface area (Å²) in [6.45, 7) is 1.57. The van der Waals surface area contributed by atoms with Gasteiger partial charge in [0.15, 0.2) is 17.0 Å². The van der Waals surface area contributed by atoms with Crippen LogP contribution in [0.1, 0.15) is 25.6 Å². The molecule has 1 fully saturated rings. The molecule has 2 aromatic heterocycles. The summed E-state index contributed by atoms with van der Waals surface area (Å²) in [5.41, 5.74) is -3.62. The van der Waals surface area contributed by atoms with Crippen molar-refractivity contribution in [2.24, 2.45) is 0 Å². The normalized spacial score (nSPS) is 22.4. The first kappa shape index (κ1) is 32.6. The lowest BCUT2D eigenvalue weighted by molar-refractivity contribution is -0.189. The number of nitrogens with zero attached hydrogens (tertiary/aromatic N) is 4. The summed E-state index contributed by atoms with van der Waals surface area (Å²) < 4.78 is 29.8. The monoisotopic (exact) mass is 647 g/mol. The zero-order valence-electron chi connectivity index (χ0n) is 23.9. The van der Waals surface area contributed by atoms with Crippen LogP contribution in [0.3, 0.4) is 0 Å². The van der Waals surface area contributed by atoms with Crippen LogP contribution in [0.25, 0.3) is 11.2 Å². The van der Waals surface area contributed by atoms with E-state index in [2.05, 4.69) is 26.2 Å². The number of halogens is 2. The average molecular weight is 648 g/mol. The number of rotatable bonds is 10. The fourth-order valence-corrected chi connectivity index (χ4v) is 5.35. The third kappa shape index (κ3) is 6.04. The lowest BCUT2D eigenvalue weighted by atomic mass is 9.90. The number of ether oxygens (including phenoxy) is 5. The van der Waals surface area contributed by atoms with Crippen LogP contribution in [-0.2, 0) is 49.3 Å². The van der Waals surface area contributed by atoms with E-state index in [0.29, 0.717) is 5.56 Å². The molecule has 1 aliphatic rings. The summed E-state index contributed by atoms with van der Waals surface area (Å²) in [5.74, 6) is -1.12. The van der Waals surface area contributed by atoms with E-state index in [9.17, 15) is 19.2 Å². The molecular weight excluding hydrogens is 621 g/mol. The molecule has 3 aromatic rings. The van der Waals surface area contributed by atoms with Crippen molar-refractivity contribution < 1.29 is 42.9 Å². The van der Waals surface area contributed by atoms with Gasteiger partial charge in [0, 0.05) is 27.3 Å². The Hall–Kier alpha value is -4.29. The first-order valence-corrected chi connectivity index (χ1v) is 13.7. The minimum Gasteiger partial charge on any atom is -0.466 e. The van der Waals surface area contributed by atoms with Gasteiger partial charge in [0.1, 0.15) is 11.6 Å². The Morgan fingerprint density at radius 2 is 1.86 bits per heavy atom. The number of nitrogens with one attached hydrogen (secondary N) is 1. The van der Waals surface area contributed by atoms with Gasteiger partial charge >= 0.3 is 17.9 Å². The zero-order valence-corrected chi connectivity index (χ0v) is 25.4. The van der Waals surface area contributed by atoms with Gasteiger partial charge in [-0.25, -0.2) is 14.8 Å². The molecular formula is C28H27Cl2N5O9. The number of terminal acetylenes is 1. The predicted octanol–water partition coefficient (Wildman–Crippen LogP) is 1.81. The van der Waals surface area contributed by atoms with Crippen LogP contribution in [0.2, 0.25) is 10.4 Å². The van der Waals surface area contributed by atoms with E-state index in [1.165, 1.54) is 17.9 Å². The molecule has 1 N–H and O–H groups in total. The number of hydrogen-bond acceptors (Lipinski definition) is 12.